The fourth-order valence-corrected chi connectivity index (χ4v) is 4.09. The van der Waals surface area contributed by atoms with E-state index in [1.807, 2.05) is 24.3 Å². The second-order valence-corrected chi connectivity index (χ2v) is 7.95. The first-order valence-electron chi connectivity index (χ1n) is 10.3. The number of hydrogen-bond acceptors (Lipinski definition) is 4. The van der Waals surface area contributed by atoms with Crippen LogP contribution < -0.4 is 10.2 Å². The molecule has 3 amide bonds. The molecular formula is C21H29ClN4O3. The first kappa shape index (κ1) is 21.4. The van der Waals surface area contributed by atoms with E-state index in [-0.39, 0.29) is 24.3 Å². The van der Waals surface area contributed by atoms with E-state index in [4.69, 9.17) is 11.6 Å². The number of hydrogen-bond donors (Lipinski definition) is 1. The Hall–Kier alpha value is -2.28. The Bertz CT molecular complexity index is 732. The van der Waals surface area contributed by atoms with Gasteiger partial charge in [0.1, 0.15) is 6.04 Å². The molecule has 2 aliphatic heterocycles. The standard InChI is InChI=1S/C21H29ClN4O3/c1-2-19(27)26-10-4-3-5-18(26)21(29)23-15-20(28)25-13-11-24(12-14-25)17-8-6-16(22)7-9-17/h6-9,18H,2-5,10-15H2,1H3,(H,23,29). The van der Waals surface area contributed by atoms with Crippen LogP contribution in [0.4, 0.5) is 5.69 Å². The summed E-state index contributed by atoms with van der Waals surface area (Å²) >= 11 is 5.94. The Morgan fingerprint density at radius 1 is 1.00 bits per heavy atom. The van der Waals surface area contributed by atoms with E-state index in [2.05, 4.69) is 10.2 Å². The molecular weight excluding hydrogens is 392 g/mol. The minimum Gasteiger partial charge on any atom is -0.368 e. The van der Waals surface area contributed by atoms with Gasteiger partial charge in [0.2, 0.25) is 17.7 Å². The third-order valence-electron chi connectivity index (χ3n) is 5.67. The minimum absolute atomic E-state index is 0.00509. The summed E-state index contributed by atoms with van der Waals surface area (Å²) in [5.74, 6) is -0.313. The third-order valence-corrected chi connectivity index (χ3v) is 5.92. The van der Waals surface area contributed by atoms with Gasteiger partial charge in [-0.2, -0.15) is 0 Å². The van der Waals surface area contributed by atoms with Gasteiger partial charge in [-0.25, -0.2) is 0 Å². The zero-order valence-electron chi connectivity index (χ0n) is 16.9. The highest BCUT2D eigenvalue weighted by atomic mass is 35.5. The SMILES string of the molecule is CCC(=O)N1CCCCC1C(=O)NCC(=O)N1CCN(c2ccc(Cl)cc2)CC1. The molecule has 8 heteroatoms. The highest BCUT2D eigenvalue weighted by Crippen LogP contribution is 2.20. The largest absolute Gasteiger partial charge is 0.368 e. The molecule has 0 spiro atoms. The van der Waals surface area contributed by atoms with Gasteiger partial charge in [-0.3, -0.25) is 14.4 Å². The zero-order chi connectivity index (χ0) is 20.8. The smallest absolute Gasteiger partial charge is 0.243 e. The van der Waals surface area contributed by atoms with Crippen molar-refractivity contribution in [2.75, 3.05) is 44.2 Å². The first-order valence-corrected chi connectivity index (χ1v) is 10.7. The van der Waals surface area contributed by atoms with E-state index >= 15 is 0 Å². The molecule has 0 radical (unpaired) electrons. The van der Waals surface area contributed by atoms with Crippen molar-refractivity contribution in [3.05, 3.63) is 29.3 Å². The molecule has 3 rings (SSSR count). The number of carbonyl (C=O) groups is 3. The van der Waals surface area contributed by atoms with Crippen molar-refractivity contribution in [1.82, 2.24) is 15.1 Å². The molecule has 1 unspecified atom stereocenters. The molecule has 2 heterocycles. The molecule has 0 aromatic heterocycles. The third kappa shape index (κ3) is 5.41. The lowest BCUT2D eigenvalue weighted by molar-refractivity contribution is -0.142. The van der Waals surface area contributed by atoms with Crippen LogP contribution in [0.25, 0.3) is 0 Å². The molecule has 1 aromatic carbocycles. The molecule has 0 bridgehead atoms. The molecule has 29 heavy (non-hydrogen) atoms. The summed E-state index contributed by atoms with van der Waals surface area (Å²) in [4.78, 5) is 42.9. The number of piperazine rings is 1. The predicted molar refractivity (Wildman–Crippen MR) is 113 cm³/mol. The van der Waals surface area contributed by atoms with E-state index in [1.54, 1.807) is 16.7 Å². The van der Waals surface area contributed by atoms with Crippen molar-refractivity contribution in [3.63, 3.8) is 0 Å². The molecule has 2 saturated heterocycles. The van der Waals surface area contributed by atoms with Gasteiger partial charge in [0, 0.05) is 49.9 Å². The fourth-order valence-electron chi connectivity index (χ4n) is 3.96. The number of benzene rings is 1. The molecule has 2 fully saturated rings. The van der Waals surface area contributed by atoms with Crippen molar-refractivity contribution in [1.29, 1.82) is 0 Å². The fraction of sp³-hybridized carbons (Fsp3) is 0.571. The molecule has 0 aliphatic carbocycles. The predicted octanol–water partition coefficient (Wildman–Crippen LogP) is 1.90. The molecule has 0 saturated carbocycles. The van der Waals surface area contributed by atoms with Crippen LogP contribution in [0.15, 0.2) is 24.3 Å². The maximum atomic E-state index is 12.6. The zero-order valence-corrected chi connectivity index (χ0v) is 17.7. The highest BCUT2D eigenvalue weighted by molar-refractivity contribution is 6.30. The Morgan fingerprint density at radius 2 is 1.69 bits per heavy atom. The molecule has 7 nitrogen and oxygen atoms in total. The summed E-state index contributed by atoms with van der Waals surface area (Å²) < 4.78 is 0. The van der Waals surface area contributed by atoms with Crippen molar-refractivity contribution in [2.45, 2.75) is 38.6 Å². The number of carbonyl (C=O) groups excluding carboxylic acids is 3. The quantitative estimate of drug-likeness (QED) is 0.789. The summed E-state index contributed by atoms with van der Waals surface area (Å²) in [5, 5.41) is 3.46. The van der Waals surface area contributed by atoms with Crippen LogP contribution >= 0.6 is 11.6 Å². The number of nitrogens with one attached hydrogen (secondary N) is 1. The number of amides is 3. The molecule has 1 aromatic rings. The Morgan fingerprint density at radius 3 is 2.34 bits per heavy atom. The van der Waals surface area contributed by atoms with Crippen molar-refractivity contribution < 1.29 is 14.4 Å². The number of anilines is 1. The second-order valence-electron chi connectivity index (χ2n) is 7.51. The van der Waals surface area contributed by atoms with Crippen LogP contribution in [0.3, 0.4) is 0 Å². The van der Waals surface area contributed by atoms with Crippen LogP contribution in [0.5, 0.6) is 0 Å². The van der Waals surface area contributed by atoms with Gasteiger partial charge >= 0.3 is 0 Å². The summed E-state index contributed by atoms with van der Waals surface area (Å²) in [6.07, 6.45) is 2.89. The summed E-state index contributed by atoms with van der Waals surface area (Å²) in [5.41, 5.74) is 1.09. The van der Waals surface area contributed by atoms with E-state index in [0.717, 1.165) is 31.6 Å². The lowest BCUT2D eigenvalue weighted by Gasteiger charge is -2.37. The van der Waals surface area contributed by atoms with Gasteiger partial charge in [-0.05, 0) is 43.5 Å². The number of nitrogens with zero attached hydrogens (tertiary/aromatic N) is 3. The van der Waals surface area contributed by atoms with E-state index in [9.17, 15) is 14.4 Å². The normalized spacial score (nSPS) is 19.8. The van der Waals surface area contributed by atoms with Crippen LogP contribution in [0.2, 0.25) is 5.02 Å². The second kappa shape index (κ2) is 9.96. The lowest BCUT2D eigenvalue weighted by atomic mass is 10.0. The van der Waals surface area contributed by atoms with E-state index in [1.165, 1.54) is 0 Å². The summed E-state index contributed by atoms with van der Waals surface area (Å²) in [6, 6.07) is 7.23. The number of halogens is 1. The highest BCUT2D eigenvalue weighted by Gasteiger charge is 2.31. The summed E-state index contributed by atoms with van der Waals surface area (Å²) in [6.45, 7) is 5.10. The topological polar surface area (TPSA) is 73.0 Å². The number of piperidine rings is 1. The molecule has 1 N–H and O–H groups in total. The Kier molecular flexibility index (Phi) is 7.36. The van der Waals surface area contributed by atoms with Gasteiger partial charge in [-0.15, -0.1) is 0 Å². The number of rotatable bonds is 5. The van der Waals surface area contributed by atoms with Gasteiger partial charge in [-0.1, -0.05) is 18.5 Å². The average Bonchev–Trinajstić information content (AvgIpc) is 2.77. The Labute approximate surface area is 177 Å². The van der Waals surface area contributed by atoms with Gasteiger partial charge in [0.15, 0.2) is 0 Å². The van der Waals surface area contributed by atoms with Crippen LogP contribution in [0.1, 0.15) is 32.6 Å². The average molecular weight is 421 g/mol. The van der Waals surface area contributed by atoms with Gasteiger partial charge in [0.25, 0.3) is 0 Å². The van der Waals surface area contributed by atoms with Crippen LogP contribution in [0, 0.1) is 0 Å². The van der Waals surface area contributed by atoms with E-state index < -0.39 is 6.04 Å². The van der Waals surface area contributed by atoms with E-state index in [0.29, 0.717) is 37.5 Å². The van der Waals surface area contributed by atoms with Crippen molar-refractivity contribution >= 4 is 35.0 Å². The molecule has 2 aliphatic rings. The maximum absolute atomic E-state index is 12.6. The Balaban J connectivity index is 1.46. The van der Waals surface area contributed by atoms with Crippen LogP contribution in [-0.2, 0) is 14.4 Å². The van der Waals surface area contributed by atoms with Gasteiger partial charge in [0.05, 0.1) is 6.54 Å². The monoisotopic (exact) mass is 420 g/mol. The molecule has 158 valence electrons. The summed E-state index contributed by atoms with van der Waals surface area (Å²) in [7, 11) is 0. The maximum Gasteiger partial charge on any atom is 0.243 e. The van der Waals surface area contributed by atoms with Crippen molar-refractivity contribution in [2.24, 2.45) is 0 Å². The van der Waals surface area contributed by atoms with Crippen molar-refractivity contribution in [3.8, 4) is 0 Å². The van der Waals surface area contributed by atoms with Gasteiger partial charge < -0.3 is 20.0 Å². The molecule has 1 atom stereocenters. The first-order chi connectivity index (χ1) is 14.0. The lowest BCUT2D eigenvalue weighted by Crippen LogP contribution is -2.55. The van der Waals surface area contributed by atoms with Crippen LogP contribution in [-0.4, -0.2) is 72.8 Å². The number of likely N-dealkylation sites (tertiary alicyclic amines) is 1. The minimum atomic E-state index is -0.453.